The van der Waals surface area contributed by atoms with Crippen LogP contribution >= 0.6 is 11.8 Å². The largest absolute Gasteiger partial charge is 0.486 e. The van der Waals surface area contributed by atoms with Gasteiger partial charge in [-0.3, -0.25) is 9.89 Å². The van der Waals surface area contributed by atoms with Crippen molar-refractivity contribution in [3.05, 3.63) is 65.5 Å². The van der Waals surface area contributed by atoms with E-state index >= 15 is 0 Å². The van der Waals surface area contributed by atoms with Gasteiger partial charge < -0.3 is 10.1 Å². The Kier molecular flexibility index (Phi) is 7.30. The molecule has 1 heterocycles. The van der Waals surface area contributed by atoms with Gasteiger partial charge in [-0.2, -0.15) is 0 Å². The molecule has 0 aliphatic rings. The highest BCUT2D eigenvalue weighted by Gasteiger charge is 2.09. The number of amides is 1. The zero-order valence-corrected chi connectivity index (χ0v) is 17.8. The third-order valence-electron chi connectivity index (χ3n) is 4.41. The fourth-order valence-electron chi connectivity index (χ4n) is 2.66. The second kappa shape index (κ2) is 10.1. The zero-order chi connectivity index (χ0) is 20.6. The van der Waals surface area contributed by atoms with E-state index in [9.17, 15) is 4.79 Å². The Hall–Kier alpha value is -2.80. The number of hydrogen-bond acceptors (Lipinski definition) is 5. The van der Waals surface area contributed by atoms with Crippen molar-refractivity contribution in [3.63, 3.8) is 0 Å². The van der Waals surface area contributed by atoms with E-state index in [1.807, 2.05) is 48.5 Å². The summed E-state index contributed by atoms with van der Waals surface area (Å²) in [4.78, 5) is 16.5. The first-order chi connectivity index (χ1) is 14.0. The molecule has 152 valence electrons. The van der Waals surface area contributed by atoms with E-state index in [4.69, 9.17) is 4.74 Å². The summed E-state index contributed by atoms with van der Waals surface area (Å²) in [6, 6.07) is 15.9. The molecular formula is C22H26N4O2S. The van der Waals surface area contributed by atoms with Crippen LogP contribution < -0.4 is 10.1 Å². The summed E-state index contributed by atoms with van der Waals surface area (Å²) in [6.07, 6.45) is 1.000. The van der Waals surface area contributed by atoms with Crippen molar-refractivity contribution < 1.29 is 9.53 Å². The first-order valence-corrected chi connectivity index (χ1v) is 10.7. The number of benzene rings is 2. The Labute approximate surface area is 175 Å². The number of ether oxygens (including phenoxy) is 1. The smallest absolute Gasteiger partial charge is 0.234 e. The maximum Gasteiger partial charge on any atom is 0.234 e. The minimum Gasteiger partial charge on any atom is -0.486 e. The van der Waals surface area contributed by atoms with Crippen molar-refractivity contribution >= 4 is 23.4 Å². The van der Waals surface area contributed by atoms with E-state index in [-0.39, 0.29) is 11.7 Å². The summed E-state index contributed by atoms with van der Waals surface area (Å²) in [6.45, 7) is 6.70. The summed E-state index contributed by atoms with van der Waals surface area (Å²) < 4.78 is 5.71. The number of aromatic nitrogens is 3. The molecule has 0 saturated heterocycles. The number of carbonyl (C=O) groups excluding carboxylic acids is 1. The lowest BCUT2D eigenvalue weighted by molar-refractivity contribution is -0.113. The van der Waals surface area contributed by atoms with Crippen molar-refractivity contribution in [2.45, 2.75) is 44.9 Å². The number of nitrogens with zero attached hydrogens (tertiary/aromatic N) is 2. The molecule has 0 fully saturated rings. The molecular weight excluding hydrogens is 384 g/mol. The second-order valence-electron chi connectivity index (χ2n) is 6.96. The molecule has 7 heteroatoms. The summed E-state index contributed by atoms with van der Waals surface area (Å²) in [5.74, 6) is 2.02. The number of hydrogen-bond donors (Lipinski definition) is 2. The SMILES string of the molecule is CCc1ccc(OCc2nc(SCC(=O)Nc3ccc(C(C)C)cc3)n[nH]2)cc1. The molecule has 29 heavy (non-hydrogen) atoms. The first kappa shape index (κ1) is 20.9. The van der Waals surface area contributed by atoms with Gasteiger partial charge in [0.1, 0.15) is 12.4 Å². The maximum atomic E-state index is 12.2. The van der Waals surface area contributed by atoms with Gasteiger partial charge in [-0.15, -0.1) is 5.10 Å². The Morgan fingerprint density at radius 2 is 1.86 bits per heavy atom. The van der Waals surface area contributed by atoms with Crippen molar-refractivity contribution in [1.82, 2.24) is 15.2 Å². The molecule has 0 spiro atoms. The normalized spacial score (nSPS) is 10.9. The lowest BCUT2D eigenvalue weighted by Crippen LogP contribution is -2.14. The molecule has 0 saturated carbocycles. The molecule has 2 aromatic carbocycles. The van der Waals surface area contributed by atoms with Gasteiger partial charge >= 0.3 is 0 Å². The number of nitrogens with one attached hydrogen (secondary N) is 2. The number of aromatic amines is 1. The van der Waals surface area contributed by atoms with Crippen LogP contribution in [0.15, 0.2) is 53.7 Å². The maximum absolute atomic E-state index is 12.2. The highest BCUT2D eigenvalue weighted by molar-refractivity contribution is 7.99. The van der Waals surface area contributed by atoms with E-state index in [1.54, 1.807) is 0 Å². The molecule has 0 bridgehead atoms. The zero-order valence-electron chi connectivity index (χ0n) is 16.9. The number of carbonyl (C=O) groups is 1. The molecule has 0 atom stereocenters. The van der Waals surface area contributed by atoms with E-state index in [2.05, 4.69) is 41.3 Å². The van der Waals surface area contributed by atoms with Crippen LogP contribution in [0.3, 0.4) is 0 Å². The lowest BCUT2D eigenvalue weighted by Gasteiger charge is -2.08. The molecule has 6 nitrogen and oxygen atoms in total. The van der Waals surface area contributed by atoms with E-state index in [0.717, 1.165) is 17.9 Å². The van der Waals surface area contributed by atoms with Crippen LogP contribution in [0.5, 0.6) is 5.75 Å². The van der Waals surface area contributed by atoms with Crippen molar-refractivity contribution in [3.8, 4) is 5.75 Å². The molecule has 1 amide bonds. The standard InChI is InChI=1S/C22H26N4O2S/c1-4-16-5-11-19(12-6-16)28-13-20-24-22(26-25-20)29-14-21(27)23-18-9-7-17(8-10-18)15(2)3/h5-12,15H,4,13-14H2,1-3H3,(H,23,27)(H,24,25,26). The topological polar surface area (TPSA) is 79.9 Å². The number of H-pyrrole nitrogens is 1. The van der Waals surface area contributed by atoms with Crippen LogP contribution in [0.4, 0.5) is 5.69 Å². The van der Waals surface area contributed by atoms with Gasteiger partial charge in [-0.1, -0.05) is 56.8 Å². The molecule has 0 aliphatic carbocycles. The van der Waals surface area contributed by atoms with Gasteiger partial charge in [-0.05, 0) is 47.7 Å². The monoisotopic (exact) mass is 410 g/mol. The number of rotatable bonds is 9. The fraction of sp³-hybridized carbons (Fsp3) is 0.318. The average Bonchev–Trinajstić information content (AvgIpc) is 3.19. The van der Waals surface area contributed by atoms with Crippen molar-refractivity contribution in [2.24, 2.45) is 0 Å². The number of anilines is 1. The van der Waals surface area contributed by atoms with Crippen LogP contribution in [-0.2, 0) is 17.8 Å². The van der Waals surface area contributed by atoms with Gasteiger partial charge in [0, 0.05) is 5.69 Å². The Morgan fingerprint density at radius 3 is 2.52 bits per heavy atom. The van der Waals surface area contributed by atoms with Gasteiger partial charge in [0.2, 0.25) is 11.1 Å². The van der Waals surface area contributed by atoms with Crippen molar-refractivity contribution in [1.29, 1.82) is 0 Å². The van der Waals surface area contributed by atoms with Crippen LogP contribution in [0.2, 0.25) is 0 Å². The molecule has 0 aliphatic heterocycles. The molecule has 0 radical (unpaired) electrons. The Morgan fingerprint density at radius 1 is 1.14 bits per heavy atom. The highest BCUT2D eigenvalue weighted by atomic mass is 32.2. The third-order valence-corrected chi connectivity index (χ3v) is 5.26. The minimum atomic E-state index is -0.0917. The van der Waals surface area contributed by atoms with Crippen LogP contribution in [0.1, 0.15) is 43.6 Å². The van der Waals surface area contributed by atoms with Gasteiger partial charge in [-0.25, -0.2) is 4.98 Å². The fourth-order valence-corrected chi connectivity index (χ4v) is 3.28. The average molecular weight is 411 g/mol. The molecule has 0 unspecified atom stereocenters. The summed E-state index contributed by atoms with van der Waals surface area (Å²) in [5.41, 5.74) is 3.30. The molecule has 1 aromatic heterocycles. The van der Waals surface area contributed by atoms with Crippen LogP contribution in [0, 0.1) is 0 Å². The van der Waals surface area contributed by atoms with Gasteiger partial charge in [0.15, 0.2) is 5.82 Å². The van der Waals surface area contributed by atoms with Gasteiger partial charge in [0.25, 0.3) is 0 Å². The third kappa shape index (κ3) is 6.35. The number of aryl methyl sites for hydroxylation is 1. The number of thioether (sulfide) groups is 1. The van der Waals surface area contributed by atoms with Crippen molar-refractivity contribution in [2.75, 3.05) is 11.1 Å². The minimum absolute atomic E-state index is 0.0917. The summed E-state index contributed by atoms with van der Waals surface area (Å²) in [7, 11) is 0. The quantitative estimate of drug-likeness (QED) is 0.495. The van der Waals surface area contributed by atoms with Crippen LogP contribution in [-0.4, -0.2) is 26.8 Å². The van der Waals surface area contributed by atoms with E-state index in [0.29, 0.717) is 23.5 Å². The van der Waals surface area contributed by atoms with E-state index in [1.165, 1.54) is 22.9 Å². The lowest BCUT2D eigenvalue weighted by atomic mass is 10.0. The second-order valence-corrected chi connectivity index (χ2v) is 7.91. The summed E-state index contributed by atoms with van der Waals surface area (Å²) >= 11 is 1.28. The Bertz CT molecular complexity index is 921. The predicted molar refractivity (Wildman–Crippen MR) is 116 cm³/mol. The predicted octanol–water partition coefficient (Wildman–Crippen LogP) is 4.80. The van der Waals surface area contributed by atoms with Gasteiger partial charge in [0.05, 0.1) is 5.75 Å². The molecule has 2 N–H and O–H groups in total. The van der Waals surface area contributed by atoms with Crippen LogP contribution in [0.25, 0.3) is 0 Å². The molecule has 3 rings (SSSR count). The highest BCUT2D eigenvalue weighted by Crippen LogP contribution is 2.19. The summed E-state index contributed by atoms with van der Waals surface area (Å²) in [5, 5.41) is 10.4. The Balaban J connectivity index is 1.43. The molecule has 3 aromatic rings. The van der Waals surface area contributed by atoms with E-state index < -0.39 is 0 Å². The first-order valence-electron chi connectivity index (χ1n) is 9.69.